The minimum absolute atomic E-state index is 0.0383. The van der Waals surface area contributed by atoms with Crippen molar-refractivity contribution in [1.82, 2.24) is 10.2 Å². The average Bonchev–Trinajstić information content (AvgIpc) is 2.47. The molecule has 1 aromatic rings. The van der Waals surface area contributed by atoms with Crippen LogP contribution in [0.1, 0.15) is 44.6 Å². The highest BCUT2D eigenvalue weighted by molar-refractivity contribution is 5.74. The first-order chi connectivity index (χ1) is 9.70. The molecule has 2 rings (SSSR count). The van der Waals surface area contributed by atoms with Gasteiger partial charge in [0.15, 0.2) is 0 Å². The zero-order valence-corrected chi connectivity index (χ0v) is 12.1. The van der Waals surface area contributed by atoms with Crippen LogP contribution in [0.3, 0.4) is 0 Å². The van der Waals surface area contributed by atoms with Crippen LogP contribution in [0.4, 0.5) is 9.18 Å². The fraction of sp³-hybridized carbons (Fsp3) is 0.562. The fourth-order valence-corrected chi connectivity index (χ4v) is 2.89. The van der Waals surface area contributed by atoms with Crippen molar-refractivity contribution in [3.63, 3.8) is 0 Å². The number of nitrogens with one attached hydrogen (secondary N) is 1. The summed E-state index contributed by atoms with van der Waals surface area (Å²) in [4.78, 5) is 14.2. The summed E-state index contributed by atoms with van der Waals surface area (Å²) in [5.41, 5.74) is 0.790. The summed E-state index contributed by atoms with van der Waals surface area (Å²) in [6, 6.07) is 6.67. The van der Waals surface area contributed by atoms with Gasteiger partial charge in [-0.05, 0) is 37.5 Å². The second-order valence-corrected chi connectivity index (χ2v) is 5.37. The Kier molecular flexibility index (Phi) is 5.39. The number of hydrogen-bond acceptors (Lipinski definition) is 1. The smallest absolute Gasteiger partial charge is 0.317 e. The summed E-state index contributed by atoms with van der Waals surface area (Å²) < 4.78 is 13.1. The maximum Gasteiger partial charge on any atom is 0.317 e. The van der Waals surface area contributed by atoms with Crippen molar-refractivity contribution in [2.75, 3.05) is 6.54 Å². The second-order valence-electron chi connectivity index (χ2n) is 5.37. The van der Waals surface area contributed by atoms with E-state index in [2.05, 4.69) is 5.32 Å². The third-order valence-electron chi connectivity index (χ3n) is 3.95. The van der Waals surface area contributed by atoms with E-state index >= 15 is 0 Å². The lowest BCUT2D eigenvalue weighted by Crippen LogP contribution is -2.46. The lowest BCUT2D eigenvalue weighted by molar-refractivity contribution is 0.159. The molecule has 0 spiro atoms. The van der Waals surface area contributed by atoms with Crippen molar-refractivity contribution in [2.45, 2.75) is 51.6 Å². The Bertz CT molecular complexity index is 444. The van der Waals surface area contributed by atoms with Gasteiger partial charge < -0.3 is 10.2 Å². The van der Waals surface area contributed by atoms with E-state index < -0.39 is 0 Å². The molecule has 1 aliphatic carbocycles. The van der Waals surface area contributed by atoms with Crippen LogP contribution < -0.4 is 5.32 Å². The number of rotatable bonds is 4. The van der Waals surface area contributed by atoms with Gasteiger partial charge in [0.2, 0.25) is 0 Å². The number of carbonyl (C=O) groups excluding carboxylic acids is 1. The first-order valence-electron chi connectivity index (χ1n) is 7.49. The standard InChI is InChI=1S/C16H23FN2O/c1-2-19(15-9-4-3-5-10-15)16(20)18-12-13-7-6-8-14(17)11-13/h6-8,11,15H,2-5,9-10,12H2,1H3,(H,18,20). The minimum atomic E-state index is -0.267. The summed E-state index contributed by atoms with van der Waals surface area (Å²) in [5, 5.41) is 2.89. The fourth-order valence-electron chi connectivity index (χ4n) is 2.89. The highest BCUT2D eigenvalue weighted by Crippen LogP contribution is 2.22. The van der Waals surface area contributed by atoms with Gasteiger partial charge in [-0.15, -0.1) is 0 Å². The summed E-state index contributed by atoms with van der Waals surface area (Å²) in [6.07, 6.45) is 5.89. The first-order valence-corrected chi connectivity index (χ1v) is 7.49. The van der Waals surface area contributed by atoms with Crippen LogP contribution in [0.15, 0.2) is 24.3 Å². The van der Waals surface area contributed by atoms with Gasteiger partial charge in [0.25, 0.3) is 0 Å². The van der Waals surface area contributed by atoms with Gasteiger partial charge in [-0.1, -0.05) is 31.4 Å². The molecule has 1 fully saturated rings. The Morgan fingerprint density at radius 1 is 1.35 bits per heavy atom. The summed E-state index contributed by atoms with van der Waals surface area (Å²) in [5.74, 6) is -0.267. The van der Waals surface area contributed by atoms with Crippen LogP contribution in [-0.2, 0) is 6.54 Å². The van der Waals surface area contributed by atoms with Crippen molar-refractivity contribution < 1.29 is 9.18 Å². The SMILES string of the molecule is CCN(C(=O)NCc1cccc(F)c1)C1CCCCC1. The van der Waals surface area contributed by atoms with Crippen molar-refractivity contribution in [1.29, 1.82) is 0 Å². The molecule has 0 aromatic heterocycles. The Morgan fingerprint density at radius 2 is 2.10 bits per heavy atom. The van der Waals surface area contributed by atoms with Crippen molar-refractivity contribution in [3.8, 4) is 0 Å². The van der Waals surface area contributed by atoms with Crippen LogP contribution in [0.25, 0.3) is 0 Å². The quantitative estimate of drug-likeness (QED) is 0.895. The number of benzene rings is 1. The highest BCUT2D eigenvalue weighted by atomic mass is 19.1. The molecule has 0 aliphatic heterocycles. The molecule has 0 saturated heterocycles. The van der Waals surface area contributed by atoms with Crippen molar-refractivity contribution in [3.05, 3.63) is 35.6 Å². The zero-order chi connectivity index (χ0) is 14.4. The Morgan fingerprint density at radius 3 is 2.75 bits per heavy atom. The zero-order valence-electron chi connectivity index (χ0n) is 12.1. The van der Waals surface area contributed by atoms with E-state index in [4.69, 9.17) is 0 Å². The molecule has 0 bridgehead atoms. The second kappa shape index (κ2) is 7.27. The predicted octanol–water partition coefficient (Wildman–Crippen LogP) is 3.69. The van der Waals surface area contributed by atoms with E-state index in [1.807, 2.05) is 17.9 Å². The Hall–Kier alpha value is -1.58. The molecule has 110 valence electrons. The predicted molar refractivity (Wildman–Crippen MR) is 77.9 cm³/mol. The number of amides is 2. The average molecular weight is 278 g/mol. The molecule has 1 saturated carbocycles. The molecular weight excluding hydrogens is 255 g/mol. The van der Waals surface area contributed by atoms with Crippen LogP contribution in [0.2, 0.25) is 0 Å². The maximum absolute atomic E-state index is 13.1. The molecule has 3 nitrogen and oxygen atoms in total. The summed E-state index contributed by atoms with van der Waals surface area (Å²) in [7, 11) is 0. The highest BCUT2D eigenvalue weighted by Gasteiger charge is 2.23. The topological polar surface area (TPSA) is 32.3 Å². The van der Waals surface area contributed by atoms with Crippen molar-refractivity contribution in [2.24, 2.45) is 0 Å². The van der Waals surface area contributed by atoms with Gasteiger partial charge in [0, 0.05) is 19.1 Å². The molecular formula is C16H23FN2O. The molecule has 0 heterocycles. The molecule has 0 atom stereocenters. The number of carbonyl (C=O) groups is 1. The monoisotopic (exact) mass is 278 g/mol. The largest absolute Gasteiger partial charge is 0.334 e. The molecule has 1 aliphatic rings. The number of hydrogen-bond donors (Lipinski definition) is 1. The van der Waals surface area contributed by atoms with Crippen LogP contribution in [0.5, 0.6) is 0 Å². The van der Waals surface area contributed by atoms with E-state index in [-0.39, 0.29) is 11.8 Å². The van der Waals surface area contributed by atoms with Gasteiger partial charge in [-0.25, -0.2) is 9.18 Å². The molecule has 2 amide bonds. The molecule has 0 unspecified atom stereocenters. The molecule has 20 heavy (non-hydrogen) atoms. The first kappa shape index (κ1) is 14.8. The number of halogens is 1. The van der Waals surface area contributed by atoms with Gasteiger partial charge in [0.1, 0.15) is 5.82 Å². The van der Waals surface area contributed by atoms with E-state index in [9.17, 15) is 9.18 Å². The lowest BCUT2D eigenvalue weighted by atomic mass is 9.94. The molecule has 1 N–H and O–H groups in total. The number of nitrogens with zero attached hydrogens (tertiary/aromatic N) is 1. The lowest BCUT2D eigenvalue weighted by Gasteiger charge is -2.33. The summed E-state index contributed by atoms with van der Waals surface area (Å²) in [6.45, 7) is 3.11. The van der Waals surface area contributed by atoms with Gasteiger partial charge >= 0.3 is 6.03 Å². The van der Waals surface area contributed by atoms with Crippen LogP contribution in [0, 0.1) is 5.82 Å². The van der Waals surface area contributed by atoms with Crippen LogP contribution >= 0.6 is 0 Å². The maximum atomic E-state index is 13.1. The Balaban J connectivity index is 1.88. The van der Waals surface area contributed by atoms with Gasteiger partial charge in [0.05, 0.1) is 0 Å². The van der Waals surface area contributed by atoms with E-state index in [1.165, 1.54) is 31.4 Å². The van der Waals surface area contributed by atoms with Crippen molar-refractivity contribution >= 4 is 6.03 Å². The third-order valence-corrected chi connectivity index (χ3v) is 3.95. The van der Waals surface area contributed by atoms with Crippen LogP contribution in [-0.4, -0.2) is 23.5 Å². The molecule has 0 radical (unpaired) electrons. The van der Waals surface area contributed by atoms with E-state index in [0.29, 0.717) is 12.6 Å². The molecule has 1 aromatic carbocycles. The minimum Gasteiger partial charge on any atom is -0.334 e. The third kappa shape index (κ3) is 3.95. The van der Waals surface area contributed by atoms with Gasteiger partial charge in [-0.2, -0.15) is 0 Å². The normalized spacial score (nSPS) is 15.9. The van der Waals surface area contributed by atoms with Gasteiger partial charge in [-0.3, -0.25) is 0 Å². The Labute approximate surface area is 120 Å². The number of urea groups is 1. The van der Waals surface area contributed by atoms with E-state index in [0.717, 1.165) is 24.9 Å². The van der Waals surface area contributed by atoms with E-state index in [1.54, 1.807) is 6.07 Å². The summed E-state index contributed by atoms with van der Waals surface area (Å²) >= 11 is 0. The molecule has 4 heteroatoms.